The fourth-order valence-electron chi connectivity index (χ4n) is 3.26. The Bertz CT molecular complexity index is 1310. The van der Waals surface area contributed by atoms with Gasteiger partial charge in [-0.25, -0.2) is 0 Å². The van der Waals surface area contributed by atoms with Crippen LogP contribution in [0.25, 0.3) is 11.0 Å². The predicted molar refractivity (Wildman–Crippen MR) is 125 cm³/mol. The third-order valence-electron chi connectivity index (χ3n) is 4.91. The Kier molecular flexibility index (Phi) is 6.51. The Balaban J connectivity index is 1.58. The minimum atomic E-state index is -0.445. The van der Waals surface area contributed by atoms with Crippen LogP contribution in [0, 0.1) is 0 Å². The van der Waals surface area contributed by atoms with E-state index in [1.165, 1.54) is 13.2 Å². The van der Waals surface area contributed by atoms with Gasteiger partial charge in [0.2, 0.25) is 5.78 Å². The predicted octanol–water partition coefficient (Wildman–Crippen LogP) is 5.35. The molecule has 8 heteroatoms. The van der Waals surface area contributed by atoms with E-state index in [1.54, 1.807) is 67.8 Å². The summed E-state index contributed by atoms with van der Waals surface area (Å²) in [6.07, 6.45) is 0. The first-order valence-electron chi connectivity index (χ1n) is 9.96. The van der Waals surface area contributed by atoms with Gasteiger partial charge in [0.15, 0.2) is 12.4 Å². The van der Waals surface area contributed by atoms with E-state index in [4.69, 9.17) is 30.2 Å². The third-order valence-corrected chi connectivity index (χ3v) is 5.20. The quantitative estimate of drug-likeness (QED) is 0.353. The van der Waals surface area contributed by atoms with E-state index < -0.39 is 11.7 Å². The van der Waals surface area contributed by atoms with E-state index in [-0.39, 0.29) is 23.1 Å². The lowest BCUT2D eigenvalue weighted by Gasteiger charge is -2.09. The molecule has 0 atom stereocenters. The van der Waals surface area contributed by atoms with Gasteiger partial charge in [-0.15, -0.1) is 0 Å². The molecule has 4 aromatic rings. The molecule has 0 saturated heterocycles. The highest BCUT2D eigenvalue weighted by atomic mass is 35.5. The maximum Gasteiger partial charge on any atom is 0.262 e. The van der Waals surface area contributed by atoms with Crippen LogP contribution in [0.5, 0.6) is 17.2 Å². The average molecular weight is 466 g/mol. The normalized spacial score (nSPS) is 10.6. The Morgan fingerprint density at radius 2 is 1.67 bits per heavy atom. The zero-order valence-electron chi connectivity index (χ0n) is 17.9. The highest BCUT2D eigenvalue weighted by molar-refractivity contribution is 6.32. The lowest BCUT2D eigenvalue weighted by molar-refractivity contribution is -0.118. The van der Waals surface area contributed by atoms with Crippen LogP contribution >= 0.6 is 11.6 Å². The first-order chi connectivity index (χ1) is 16.0. The van der Waals surface area contributed by atoms with Crippen molar-refractivity contribution < 1.29 is 28.2 Å². The number of ketones is 1. The topological polar surface area (TPSA) is 87.0 Å². The molecule has 4 rings (SSSR count). The van der Waals surface area contributed by atoms with Crippen LogP contribution in [0.3, 0.4) is 0 Å². The summed E-state index contributed by atoms with van der Waals surface area (Å²) >= 11 is 6.18. The monoisotopic (exact) mass is 465 g/mol. The Hall–Kier alpha value is -3.97. The first kappa shape index (κ1) is 22.2. The van der Waals surface area contributed by atoms with Crippen molar-refractivity contribution >= 4 is 39.9 Å². The second-order valence-corrected chi connectivity index (χ2v) is 7.40. The SMILES string of the molecule is COc1ccc(OCC(=O)Nc2c(C(=O)c3ccc(OC)c(Cl)c3)oc3ccccc23)cc1. The number of amides is 1. The molecule has 0 saturated carbocycles. The summed E-state index contributed by atoms with van der Waals surface area (Å²) in [7, 11) is 3.06. The summed E-state index contributed by atoms with van der Waals surface area (Å²) in [4.78, 5) is 25.9. The second-order valence-electron chi connectivity index (χ2n) is 6.99. The fourth-order valence-corrected chi connectivity index (χ4v) is 3.52. The largest absolute Gasteiger partial charge is 0.497 e. The number of hydrogen-bond donors (Lipinski definition) is 1. The van der Waals surface area contributed by atoms with Gasteiger partial charge in [0.25, 0.3) is 5.91 Å². The lowest BCUT2D eigenvalue weighted by atomic mass is 10.1. The lowest BCUT2D eigenvalue weighted by Crippen LogP contribution is -2.21. The number of carbonyl (C=O) groups is 2. The van der Waals surface area contributed by atoms with E-state index in [2.05, 4.69) is 5.32 Å². The molecule has 1 N–H and O–H groups in total. The molecule has 7 nitrogen and oxygen atoms in total. The summed E-state index contributed by atoms with van der Waals surface area (Å²) in [6, 6.07) is 18.6. The van der Waals surface area contributed by atoms with Crippen LogP contribution in [0.15, 0.2) is 71.1 Å². The molecule has 0 unspecified atom stereocenters. The summed E-state index contributed by atoms with van der Waals surface area (Å²) in [5.41, 5.74) is 1.03. The highest BCUT2D eigenvalue weighted by Gasteiger charge is 2.24. The van der Waals surface area contributed by atoms with Gasteiger partial charge in [-0.2, -0.15) is 0 Å². The van der Waals surface area contributed by atoms with Crippen molar-refractivity contribution in [1.82, 2.24) is 0 Å². The minimum absolute atomic E-state index is 0.00442. The van der Waals surface area contributed by atoms with Crippen molar-refractivity contribution in [2.24, 2.45) is 0 Å². The van der Waals surface area contributed by atoms with Gasteiger partial charge in [0.1, 0.15) is 22.8 Å². The number of fused-ring (bicyclic) bond motifs is 1. The van der Waals surface area contributed by atoms with Gasteiger partial charge < -0.3 is 23.9 Å². The molecule has 0 radical (unpaired) electrons. The Morgan fingerprint density at radius 3 is 2.36 bits per heavy atom. The molecular formula is C25H20ClNO6. The van der Waals surface area contributed by atoms with Crippen molar-refractivity contribution in [2.45, 2.75) is 0 Å². The zero-order chi connectivity index (χ0) is 23.4. The molecule has 0 bridgehead atoms. The number of hydrogen-bond acceptors (Lipinski definition) is 6. The van der Waals surface area contributed by atoms with Crippen LogP contribution in [-0.4, -0.2) is 32.5 Å². The van der Waals surface area contributed by atoms with Crippen molar-refractivity contribution in [3.8, 4) is 17.2 Å². The van der Waals surface area contributed by atoms with Gasteiger partial charge in [0.05, 0.1) is 24.9 Å². The van der Waals surface area contributed by atoms with Crippen molar-refractivity contribution in [1.29, 1.82) is 0 Å². The maximum absolute atomic E-state index is 13.2. The zero-order valence-corrected chi connectivity index (χ0v) is 18.6. The van der Waals surface area contributed by atoms with Crippen LogP contribution < -0.4 is 19.5 Å². The number of benzene rings is 3. The van der Waals surface area contributed by atoms with E-state index in [1.807, 2.05) is 0 Å². The summed E-state index contributed by atoms with van der Waals surface area (Å²) < 4.78 is 21.6. The molecule has 33 heavy (non-hydrogen) atoms. The van der Waals surface area contributed by atoms with Crippen molar-refractivity contribution in [3.05, 3.63) is 83.1 Å². The molecule has 0 aliphatic rings. The van der Waals surface area contributed by atoms with Crippen molar-refractivity contribution in [3.63, 3.8) is 0 Å². The van der Waals surface area contributed by atoms with E-state index in [0.717, 1.165) is 0 Å². The summed E-state index contributed by atoms with van der Waals surface area (Å²) in [6.45, 7) is -0.256. The summed E-state index contributed by atoms with van der Waals surface area (Å²) in [5.74, 6) is 0.754. The average Bonchev–Trinajstić information content (AvgIpc) is 3.20. The first-order valence-corrected chi connectivity index (χ1v) is 10.3. The number of furan rings is 1. The third kappa shape index (κ3) is 4.78. The molecule has 0 fully saturated rings. The molecular weight excluding hydrogens is 446 g/mol. The fraction of sp³-hybridized carbons (Fsp3) is 0.120. The maximum atomic E-state index is 13.2. The standard InChI is InChI=1S/C25H20ClNO6/c1-30-16-8-10-17(11-9-16)32-14-22(28)27-23-18-5-3-4-6-20(18)33-25(23)24(29)15-7-12-21(31-2)19(26)13-15/h3-13H,14H2,1-2H3,(H,27,28). The molecule has 0 aliphatic heterocycles. The molecule has 0 aliphatic carbocycles. The van der Waals surface area contributed by atoms with Gasteiger partial charge in [0, 0.05) is 10.9 Å². The summed E-state index contributed by atoms with van der Waals surface area (Å²) in [5, 5.41) is 3.64. The second kappa shape index (κ2) is 9.67. The number of halogens is 1. The van der Waals surface area contributed by atoms with Crippen LogP contribution in [0.2, 0.25) is 5.02 Å². The minimum Gasteiger partial charge on any atom is -0.497 e. The Morgan fingerprint density at radius 1 is 0.939 bits per heavy atom. The molecule has 1 aromatic heterocycles. The number of nitrogens with one attached hydrogen (secondary N) is 1. The molecule has 1 amide bonds. The number of ether oxygens (including phenoxy) is 3. The van der Waals surface area contributed by atoms with Gasteiger partial charge in [-0.1, -0.05) is 23.7 Å². The molecule has 3 aromatic carbocycles. The van der Waals surface area contributed by atoms with E-state index in [0.29, 0.717) is 33.8 Å². The van der Waals surface area contributed by atoms with E-state index in [9.17, 15) is 9.59 Å². The van der Waals surface area contributed by atoms with Gasteiger partial charge in [-0.3, -0.25) is 9.59 Å². The number of methoxy groups -OCH3 is 2. The number of anilines is 1. The number of para-hydroxylation sites is 1. The molecule has 0 spiro atoms. The van der Waals surface area contributed by atoms with Crippen molar-refractivity contribution in [2.75, 3.05) is 26.1 Å². The Labute approximate surface area is 194 Å². The molecule has 1 heterocycles. The van der Waals surface area contributed by atoms with Gasteiger partial charge in [-0.05, 0) is 54.6 Å². The van der Waals surface area contributed by atoms with E-state index >= 15 is 0 Å². The van der Waals surface area contributed by atoms with Gasteiger partial charge >= 0.3 is 0 Å². The number of rotatable bonds is 8. The highest BCUT2D eigenvalue weighted by Crippen LogP contribution is 2.34. The van der Waals surface area contributed by atoms with Crippen LogP contribution in [0.4, 0.5) is 5.69 Å². The van der Waals surface area contributed by atoms with Crippen LogP contribution in [0.1, 0.15) is 16.1 Å². The smallest absolute Gasteiger partial charge is 0.262 e. The number of carbonyl (C=O) groups excluding carboxylic acids is 2. The van der Waals surface area contributed by atoms with Crippen LogP contribution in [-0.2, 0) is 4.79 Å². The molecule has 168 valence electrons.